The van der Waals surface area contributed by atoms with E-state index in [1.807, 2.05) is 17.5 Å². The number of hydrogen-bond acceptors (Lipinski definition) is 8. The highest BCUT2D eigenvalue weighted by Crippen LogP contribution is 2.32. The van der Waals surface area contributed by atoms with Crippen molar-refractivity contribution < 1.29 is 9.32 Å². The number of amides is 1. The van der Waals surface area contributed by atoms with E-state index in [9.17, 15) is 4.79 Å². The Bertz CT molecular complexity index is 1080. The van der Waals surface area contributed by atoms with Gasteiger partial charge in [0.1, 0.15) is 18.9 Å². The minimum Gasteiger partial charge on any atom is -0.337 e. The van der Waals surface area contributed by atoms with E-state index in [0.29, 0.717) is 18.1 Å². The lowest BCUT2D eigenvalue weighted by atomic mass is 9.96. The normalized spacial score (nSPS) is 21.1. The summed E-state index contributed by atoms with van der Waals surface area (Å²) in [6, 6.07) is 10.0. The molecule has 2 aliphatic heterocycles. The number of aryl methyl sites for hydroxylation is 2. The first kappa shape index (κ1) is 18.0. The highest BCUT2D eigenvalue weighted by Gasteiger charge is 2.41. The molecule has 1 saturated heterocycles. The summed E-state index contributed by atoms with van der Waals surface area (Å²) in [5, 5.41) is 13.4. The van der Waals surface area contributed by atoms with Gasteiger partial charge in [0.25, 0.3) is 5.91 Å². The van der Waals surface area contributed by atoms with Crippen LogP contribution in [-0.4, -0.2) is 38.4 Å². The number of thiophene rings is 1. The minimum atomic E-state index is -0.308. The van der Waals surface area contributed by atoms with E-state index in [2.05, 4.69) is 52.7 Å². The van der Waals surface area contributed by atoms with E-state index in [-0.39, 0.29) is 24.5 Å². The summed E-state index contributed by atoms with van der Waals surface area (Å²) < 4.78 is 5.32. The van der Waals surface area contributed by atoms with Crippen molar-refractivity contribution in [3.8, 4) is 10.7 Å². The summed E-state index contributed by atoms with van der Waals surface area (Å²) in [4.78, 5) is 18.3. The molecule has 0 saturated carbocycles. The van der Waals surface area contributed by atoms with Gasteiger partial charge < -0.3 is 4.52 Å². The summed E-state index contributed by atoms with van der Waals surface area (Å²) in [5.74, 6) is 0.815. The second-order valence-electron chi connectivity index (χ2n) is 7.32. The molecule has 2 atom stereocenters. The lowest BCUT2D eigenvalue weighted by molar-refractivity contribution is -0.137. The molecule has 148 valence electrons. The quantitative estimate of drug-likeness (QED) is 0.714. The van der Waals surface area contributed by atoms with Gasteiger partial charge in [0.2, 0.25) is 11.7 Å². The van der Waals surface area contributed by atoms with Gasteiger partial charge in [0.15, 0.2) is 0 Å². The lowest BCUT2D eigenvalue weighted by Gasteiger charge is -2.29. The molecule has 2 unspecified atom stereocenters. The topological polar surface area (TPSA) is 86.9 Å². The van der Waals surface area contributed by atoms with E-state index in [0.717, 1.165) is 4.88 Å². The lowest BCUT2D eigenvalue weighted by Crippen LogP contribution is -2.50. The summed E-state index contributed by atoms with van der Waals surface area (Å²) in [6.45, 7) is 4.34. The fourth-order valence-electron chi connectivity index (χ4n) is 3.82. The fraction of sp³-hybridized carbons (Fsp3) is 0.300. The Morgan fingerprint density at radius 3 is 3.00 bits per heavy atom. The Balaban J connectivity index is 1.30. The van der Waals surface area contributed by atoms with Gasteiger partial charge in [-0.05, 0) is 42.8 Å². The Kier molecular flexibility index (Phi) is 4.40. The van der Waals surface area contributed by atoms with Crippen molar-refractivity contribution in [2.45, 2.75) is 38.9 Å². The molecule has 1 N–H and O–H groups in total. The number of benzene rings is 1. The number of carbonyl (C=O) groups is 1. The van der Waals surface area contributed by atoms with Crippen LogP contribution in [0.3, 0.4) is 0 Å². The Labute approximate surface area is 171 Å². The van der Waals surface area contributed by atoms with Crippen LogP contribution in [0.15, 0.2) is 45.3 Å². The molecular weight excluding hydrogens is 388 g/mol. The SMILES string of the molecule is Cc1ccc(C2CC3C(=O)N(Cc4nc(-c5cccs5)no4)N=CN3N2)c(C)c1. The highest BCUT2D eigenvalue weighted by atomic mass is 32.1. The number of hydrazone groups is 1. The second kappa shape index (κ2) is 7.09. The molecule has 4 heterocycles. The van der Waals surface area contributed by atoms with Crippen LogP contribution in [0.2, 0.25) is 0 Å². The second-order valence-corrected chi connectivity index (χ2v) is 8.26. The molecule has 5 rings (SSSR count). The largest absolute Gasteiger partial charge is 0.337 e. The molecule has 2 aromatic heterocycles. The minimum absolute atomic E-state index is 0.0739. The summed E-state index contributed by atoms with van der Waals surface area (Å²) >= 11 is 1.54. The molecule has 1 fully saturated rings. The van der Waals surface area contributed by atoms with Crippen molar-refractivity contribution in [2.24, 2.45) is 5.10 Å². The van der Waals surface area contributed by atoms with E-state index in [1.165, 1.54) is 33.0 Å². The standard InChI is InChI=1S/C20H20N6O2S/c1-12-5-6-14(13(2)8-12)15-9-16-20(27)25(21-11-26(16)23-15)10-18-22-19(24-28-18)17-4-3-7-29-17/h3-8,11,15-16,23H,9-10H2,1-2H3. The summed E-state index contributed by atoms with van der Waals surface area (Å²) in [5.41, 5.74) is 7.04. The predicted molar refractivity (Wildman–Crippen MR) is 109 cm³/mol. The average Bonchev–Trinajstić information content (AvgIpc) is 3.44. The van der Waals surface area contributed by atoms with Gasteiger partial charge in [0.05, 0.1) is 10.9 Å². The van der Waals surface area contributed by atoms with Crippen molar-refractivity contribution in [3.63, 3.8) is 0 Å². The van der Waals surface area contributed by atoms with Gasteiger partial charge in [-0.3, -0.25) is 9.80 Å². The number of carbonyl (C=O) groups excluding carboxylic acids is 1. The van der Waals surface area contributed by atoms with Gasteiger partial charge in [0, 0.05) is 0 Å². The molecule has 2 aliphatic rings. The number of nitrogens with one attached hydrogen (secondary N) is 1. The molecule has 8 nitrogen and oxygen atoms in total. The third-order valence-electron chi connectivity index (χ3n) is 5.25. The molecular formula is C20H20N6O2S. The van der Waals surface area contributed by atoms with Crippen LogP contribution in [-0.2, 0) is 11.3 Å². The molecule has 0 radical (unpaired) electrons. The van der Waals surface area contributed by atoms with Crippen molar-refractivity contribution in [1.29, 1.82) is 0 Å². The molecule has 9 heteroatoms. The first-order valence-electron chi connectivity index (χ1n) is 9.42. The fourth-order valence-corrected chi connectivity index (χ4v) is 4.47. The molecule has 3 aromatic rings. The van der Waals surface area contributed by atoms with Crippen LogP contribution in [0.1, 0.15) is 35.0 Å². The number of hydrogen-bond donors (Lipinski definition) is 1. The highest BCUT2D eigenvalue weighted by molar-refractivity contribution is 7.13. The Hall–Kier alpha value is -3.04. The van der Waals surface area contributed by atoms with Gasteiger partial charge in [-0.1, -0.05) is 35.0 Å². The van der Waals surface area contributed by atoms with Crippen LogP contribution < -0.4 is 5.43 Å². The zero-order valence-corrected chi connectivity index (χ0v) is 16.9. The van der Waals surface area contributed by atoms with Gasteiger partial charge in [-0.15, -0.1) is 11.3 Å². The molecule has 0 aliphatic carbocycles. The first-order valence-corrected chi connectivity index (χ1v) is 10.3. The summed E-state index contributed by atoms with van der Waals surface area (Å²) in [6.07, 6.45) is 2.33. The zero-order valence-electron chi connectivity index (χ0n) is 16.1. The third-order valence-corrected chi connectivity index (χ3v) is 6.12. The first-order chi connectivity index (χ1) is 14.1. The van der Waals surface area contributed by atoms with E-state index in [1.54, 1.807) is 11.3 Å². The van der Waals surface area contributed by atoms with E-state index >= 15 is 0 Å². The zero-order chi connectivity index (χ0) is 20.0. The monoisotopic (exact) mass is 408 g/mol. The number of fused-ring (bicyclic) bond motifs is 1. The van der Waals surface area contributed by atoms with Crippen LogP contribution >= 0.6 is 11.3 Å². The average molecular weight is 408 g/mol. The molecule has 1 amide bonds. The van der Waals surface area contributed by atoms with Crippen molar-refractivity contribution >= 4 is 23.6 Å². The number of hydrazine groups is 1. The van der Waals surface area contributed by atoms with Gasteiger partial charge in [-0.25, -0.2) is 10.4 Å². The van der Waals surface area contributed by atoms with Crippen molar-refractivity contribution in [2.75, 3.05) is 0 Å². The Morgan fingerprint density at radius 1 is 1.31 bits per heavy atom. The molecule has 0 spiro atoms. The van der Waals surface area contributed by atoms with E-state index in [4.69, 9.17) is 4.52 Å². The maximum atomic E-state index is 13.0. The van der Waals surface area contributed by atoms with Crippen LogP contribution in [0.5, 0.6) is 0 Å². The predicted octanol–water partition coefficient (Wildman–Crippen LogP) is 3.02. The molecule has 1 aromatic carbocycles. The van der Waals surface area contributed by atoms with Crippen LogP contribution in [0.25, 0.3) is 10.7 Å². The summed E-state index contributed by atoms with van der Waals surface area (Å²) in [7, 11) is 0. The molecule has 29 heavy (non-hydrogen) atoms. The maximum absolute atomic E-state index is 13.0. The smallest absolute Gasteiger partial charge is 0.267 e. The molecule has 0 bridgehead atoms. The van der Waals surface area contributed by atoms with Gasteiger partial charge >= 0.3 is 0 Å². The Morgan fingerprint density at radius 2 is 2.21 bits per heavy atom. The van der Waals surface area contributed by atoms with Crippen molar-refractivity contribution in [1.82, 2.24) is 25.6 Å². The number of nitrogens with zero attached hydrogens (tertiary/aromatic N) is 5. The van der Waals surface area contributed by atoms with Crippen LogP contribution in [0.4, 0.5) is 0 Å². The van der Waals surface area contributed by atoms with Crippen LogP contribution in [0, 0.1) is 13.8 Å². The maximum Gasteiger partial charge on any atom is 0.267 e. The number of aromatic nitrogens is 2. The van der Waals surface area contributed by atoms with E-state index < -0.39 is 0 Å². The number of rotatable bonds is 4. The third kappa shape index (κ3) is 3.32. The van der Waals surface area contributed by atoms with Crippen molar-refractivity contribution in [3.05, 3.63) is 58.3 Å². The van der Waals surface area contributed by atoms with Gasteiger partial charge in [-0.2, -0.15) is 10.1 Å².